The van der Waals surface area contributed by atoms with Gasteiger partial charge in [0.05, 0.1) is 0 Å². The van der Waals surface area contributed by atoms with E-state index >= 15 is 0 Å². The first kappa shape index (κ1) is 20.3. The maximum Gasteiger partial charge on any atom is 0.325 e. The first-order chi connectivity index (χ1) is 13.5. The smallest absolute Gasteiger partial charge is 0.325 e. The third kappa shape index (κ3) is 4.04. The normalized spacial score (nSPS) is 24.5. The van der Waals surface area contributed by atoms with Gasteiger partial charge in [0.25, 0.3) is 5.91 Å². The van der Waals surface area contributed by atoms with E-state index in [1.54, 1.807) is 4.90 Å². The fourth-order valence-corrected chi connectivity index (χ4v) is 4.30. The van der Waals surface area contributed by atoms with Gasteiger partial charge in [-0.05, 0) is 30.7 Å². The van der Waals surface area contributed by atoms with Crippen LogP contribution in [0.15, 0.2) is 30.3 Å². The largest absolute Gasteiger partial charge is 0.340 e. The van der Waals surface area contributed by atoms with Crippen molar-refractivity contribution in [1.82, 2.24) is 15.1 Å². The van der Waals surface area contributed by atoms with E-state index in [1.165, 1.54) is 0 Å². The maximum absolute atomic E-state index is 13.0. The number of nitrogens with two attached hydrogens (primary N) is 1. The van der Waals surface area contributed by atoms with Gasteiger partial charge in [0.1, 0.15) is 12.1 Å². The Hall–Kier alpha value is -2.41. The minimum Gasteiger partial charge on any atom is -0.340 e. The van der Waals surface area contributed by atoms with Crippen molar-refractivity contribution in [1.29, 1.82) is 0 Å². The van der Waals surface area contributed by atoms with Crippen LogP contribution in [0.3, 0.4) is 0 Å². The second-order valence-corrected chi connectivity index (χ2v) is 7.84. The summed E-state index contributed by atoms with van der Waals surface area (Å²) >= 11 is 0. The maximum atomic E-state index is 13.0. The Morgan fingerprint density at radius 1 is 1.25 bits per heavy atom. The first-order valence-electron chi connectivity index (χ1n) is 10.1. The molecule has 1 aliphatic heterocycles. The minimum absolute atomic E-state index is 0.0797. The zero-order chi connectivity index (χ0) is 20.1. The van der Waals surface area contributed by atoms with Crippen molar-refractivity contribution in [2.75, 3.05) is 26.2 Å². The highest BCUT2D eigenvalue weighted by Gasteiger charge is 2.55. The molecule has 7 nitrogen and oxygen atoms in total. The number of benzene rings is 1. The standard InChI is InChI=1S/C21H30N4O3/c1-16-7-5-6-11-21(16)19(27)25(20(28)23-21)15-18(26)24(14-12-22)13-10-17-8-3-2-4-9-17/h2-4,8-9,16H,5-7,10-15,22H2,1H3,(H,23,28). The predicted octanol–water partition coefficient (Wildman–Crippen LogP) is 1.52. The van der Waals surface area contributed by atoms with Gasteiger partial charge in [-0.1, -0.05) is 50.1 Å². The molecule has 0 aromatic heterocycles. The van der Waals surface area contributed by atoms with Gasteiger partial charge in [0, 0.05) is 19.6 Å². The van der Waals surface area contributed by atoms with Gasteiger partial charge in [0.2, 0.25) is 5.91 Å². The van der Waals surface area contributed by atoms with Crippen LogP contribution < -0.4 is 11.1 Å². The SMILES string of the molecule is CC1CCCCC12NC(=O)N(CC(=O)N(CCN)CCc1ccccc1)C2=O. The highest BCUT2D eigenvalue weighted by molar-refractivity contribution is 6.09. The monoisotopic (exact) mass is 386 g/mol. The molecule has 2 aliphatic rings. The van der Waals surface area contributed by atoms with Crippen LogP contribution in [0.1, 0.15) is 38.2 Å². The molecule has 1 heterocycles. The van der Waals surface area contributed by atoms with Crippen molar-refractivity contribution < 1.29 is 14.4 Å². The van der Waals surface area contributed by atoms with Crippen LogP contribution in [-0.4, -0.2) is 59.4 Å². The molecule has 1 aromatic carbocycles. The summed E-state index contributed by atoms with van der Waals surface area (Å²) in [6.07, 6.45) is 4.23. The van der Waals surface area contributed by atoms with Crippen LogP contribution in [0.4, 0.5) is 4.79 Å². The van der Waals surface area contributed by atoms with Crippen molar-refractivity contribution in [3.8, 4) is 0 Å². The number of rotatable bonds is 7. The molecule has 2 unspecified atom stereocenters. The summed E-state index contributed by atoms with van der Waals surface area (Å²) in [5, 5.41) is 2.90. The summed E-state index contributed by atoms with van der Waals surface area (Å²) < 4.78 is 0. The molecule has 1 aromatic rings. The Kier molecular flexibility index (Phi) is 6.34. The number of nitrogens with zero attached hydrogens (tertiary/aromatic N) is 2. The molecule has 3 rings (SSSR count). The fraction of sp³-hybridized carbons (Fsp3) is 0.571. The second kappa shape index (κ2) is 8.73. The molecule has 2 fully saturated rings. The van der Waals surface area contributed by atoms with Crippen LogP contribution in [0.2, 0.25) is 0 Å². The molecule has 0 radical (unpaired) electrons. The van der Waals surface area contributed by atoms with Crippen molar-refractivity contribution in [3.63, 3.8) is 0 Å². The van der Waals surface area contributed by atoms with Crippen LogP contribution in [0, 0.1) is 5.92 Å². The van der Waals surface area contributed by atoms with E-state index in [0.29, 0.717) is 32.5 Å². The van der Waals surface area contributed by atoms with E-state index in [9.17, 15) is 14.4 Å². The molecule has 2 atom stereocenters. The van der Waals surface area contributed by atoms with Gasteiger partial charge in [0.15, 0.2) is 0 Å². The van der Waals surface area contributed by atoms with Gasteiger partial charge in [-0.3, -0.25) is 14.5 Å². The van der Waals surface area contributed by atoms with Crippen molar-refractivity contribution >= 4 is 17.8 Å². The third-order valence-electron chi connectivity index (χ3n) is 6.06. The van der Waals surface area contributed by atoms with E-state index in [2.05, 4.69) is 5.32 Å². The molecule has 1 saturated carbocycles. The molecule has 7 heteroatoms. The number of amides is 4. The highest BCUT2D eigenvalue weighted by atomic mass is 16.2. The van der Waals surface area contributed by atoms with E-state index in [-0.39, 0.29) is 24.3 Å². The molecule has 4 amide bonds. The lowest BCUT2D eigenvalue weighted by molar-refractivity contribution is -0.140. The van der Waals surface area contributed by atoms with E-state index in [1.807, 2.05) is 37.3 Å². The van der Waals surface area contributed by atoms with Crippen LogP contribution in [-0.2, 0) is 16.0 Å². The Labute approximate surface area is 166 Å². The quantitative estimate of drug-likeness (QED) is 0.695. The highest BCUT2D eigenvalue weighted by Crippen LogP contribution is 2.38. The lowest BCUT2D eigenvalue weighted by Gasteiger charge is -2.36. The van der Waals surface area contributed by atoms with Gasteiger partial charge < -0.3 is 16.0 Å². The molecule has 0 bridgehead atoms. The van der Waals surface area contributed by atoms with Crippen LogP contribution in [0.25, 0.3) is 0 Å². The summed E-state index contributed by atoms with van der Waals surface area (Å²) in [5.74, 6) is -0.421. The summed E-state index contributed by atoms with van der Waals surface area (Å²) in [5.41, 5.74) is 5.97. The van der Waals surface area contributed by atoms with Gasteiger partial charge in [-0.15, -0.1) is 0 Å². The molecular weight excluding hydrogens is 356 g/mol. The molecular formula is C21H30N4O3. The average Bonchev–Trinajstić information content (AvgIpc) is 2.93. The Morgan fingerprint density at radius 2 is 2.00 bits per heavy atom. The number of imide groups is 1. The van der Waals surface area contributed by atoms with Gasteiger partial charge in [-0.25, -0.2) is 4.79 Å². The second-order valence-electron chi connectivity index (χ2n) is 7.84. The first-order valence-corrected chi connectivity index (χ1v) is 10.1. The zero-order valence-corrected chi connectivity index (χ0v) is 16.5. The van der Waals surface area contributed by atoms with Crippen molar-refractivity contribution in [3.05, 3.63) is 35.9 Å². The van der Waals surface area contributed by atoms with E-state index in [0.717, 1.165) is 29.7 Å². The number of hydrogen-bond acceptors (Lipinski definition) is 4. The number of hydrogen-bond donors (Lipinski definition) is 2. The number of nitrogens with one attached hydrogen (secondary N) is 1. The topological polar surface area (TPSA) is 95.7 Å². The molecule has 28 heavy (non-hydrogen) atoms. The molecule has 1 spiro atoms. The van der Waals surface area contributed by atoms with Crippen LogP contribution >= 0.6 is 0 Å². The molecule has 3 N–H and O–H groups in total. The lowest BCUT2D eigenvalue weighted by Crippen LogP contribution is -2.54. The average molecular weight is 386 g/mol. The molecule has 152 valence electrons. The van der Waals surface area contributed by atoms with Gasteiger partial charge in [-0.2, -0.15) is 0 Å². The van der Waals surface area contributed by atoms with Crippen molar-refractivity contribution in [2.24, 2.45) is 11.7 Å². The summed E-state index contributed by atoms with van der Waals surface area (Å²) in [6, 6.07) is 9.44. The summed E-state index contributed by atoms with van der Waals surface area (Å²) in [6.45, 7) is 3.01. The number of carbonyl (C=O) groups is 3. The molecule has 1 aliphatic carbocycles. The predicted molar refractivity (Wildman–Crippen MR) is 106 cm³/mol. The summed E-state index contributed by atoms with van der Waals surface area (Å²) in [7, 11) is 0. The van der Waals surface area contributed by atoms with Crippen LogP contribution in [0.5, 0.6) is 0 Å². The van der Waals surface area contributed by atoms with Crippen molar-refractivity contribution in [2.45, 2.75) is 44.6 Å². The van der Waals surface area contributed by atoms with E-state index < -0.39 is 11.6 Å². The minimum atomic E-state index is -0.835. The Bertz CT molecular complexity index is 724. The fourth-order valence-electron chi connectivity index (χ4n) is 4.30. The van der Waals surface area contributed by atoms with Gasteiger partial charge >= 0.3 is 6.03 Å². The summed E-state index contributed by atoms with van der Waals surface area (Å²) in [4.78, 5) is 41.1. The zero-order valence-electron chi connectivity index (χ0n) is 16.5. The molecule has 1 saturated heterocycles. The van der Waals surface area contributed by atoms with E-state index in [4.69, 9.17) is 5.73 Å². The third-order valence-corrected chi connectivity index (χ3v) is 6.06. The Morgan fingerprint density at radius 3 is 2.68 bits per heavy atom. The lowest BCUT2D eigenvalue weighted by atomic mass is 9.73. The number of urea groups is 1. The Balaban J connectivity index is 1.65. The number of carbonyl (C=O) groups excluding carboxylic acids is 3.